The maximum absolute atomic E-state index is 13.4. The van der Waals surface area contributed by atoms with Crippen molar-refractivity contribution in [1.82, 2.24) is 4.90 Å². The van der Waals surface area contributed by atoms with E-state index in [1.165, 1.54) is 4.90 Å². The average molecular weight is 298 g/mol. The fourth-order valence-corrected chi connectivity index (χ4v) is 2.59. The molecule has 0 radical (unpaired) electrons. The molecule has 1 aromatic rings. The fraction of sp³-hybridized carbons (Fsp3) is 0.500. The van der Waals surface area contributed by atoms with Crippen molar-refractivity contribution in [1.29, 1.82) is 0 Å². The van der Waals surface area contributed by atoms with Crippen LogP contribution in [-0.2, 0) is 0 Å². The quantitative estimate of drug-likeness (QED) is 0.622. The predicted octanol–water partition coefficient (Wildman–Crippen LogP) is 3.13. The summed E-state index contributed by atoms with van der Waals surface area (Å²) in [4.78, 5) is 24.1. The van der Waals surface area contributed by atoms with E-state index in [4.69, 9.17) is 0 Å². The molecule has 1 aliphatic rings. The Hall–Kier alpha value is -2.05. The van der Waals surface area contributed by atoms with Crippen LogP contribution in [0.4, 0.5) is 14.5 Å². The molecule has 1 saturated heterocycles. The third-order valence-corrected chi connectivity index (χ3v) is 3.84. The standard InChI is InChI=1S/C14H16F2N2O3/c1-8-3-4-9(2)17(7-8)14(19)10-5-11(15)12(16)6-13(10)18(20)21/h5-6,8-9H,3-4,7H2,1-2H3. The summed E-state index contributed by atoms with van der Waals surface area (Å²) in [6, 6.07) is 0.990. The van der Waals surface area contributed by atoms with Crippen LogP contribution in [0.25, 0.3) is 0 Å². The normalized spacial score (nSPS) is 22.2. The Morgan fingerprint density at radius 3 is 2.52 bits per heavy atom. The van der Waals surface area contributed by atoms with E-state index in [0.717, 1.165) is 12.8 Å². The zero-order valence-corrected chi connectivity index (χ0v) is 11.8. The molecule has 1 heterocycles. The van der Waals surface area contributed by atoms with Gasteiger partial charge >= 0.3 is 0 Å². The van der Waals surface area contributed by atoms with Crippen LogP contribution in [0, 0.1) is 27.7 Å². The molecule has 1 aliphatic heterocycles. The van der Waals surface area contributed by atoms with Crippen LogP contribution < -0.4 is 0 Å². The molecule has 21 heavy (non-hydrogen) atoms. The van der Waals surface area contributed by atoms with Crippen molar-refractivity contribution < 1.29 is 18.5 Å². The number of hydrogen-bond acceptors (Lipinski definition) is 3. The summed E-state index contributed by atoms with van der Waals surface area (Å²) in [6.07, 6.45) is 1.75. The van der Waals surface area contributed by atoms with Gasteiger partial charge in [-0.25, -0.2) is 8.78 Å². The van der Waals surface area contributed by atoms with Crippen LogP contribution in [0.1, 0.15) is 37.0 Å². The first-order chi connectivity index (χ1) is 9.81. The lowest BCUT2D eigenvalue weighted by molar-refractivity contribution is -0.385. The number of amides is 1. The minimum atomic E-state index is -1.33. The number of benzene rings is 1. The molecular weight excluding hydrogens is 282 g/mol. The Kier molecular flexibility index (Phi) is 4.20. The molecule has 0 N–H and O–H groups in total. The van der Waals surface area contributed by atoms with Crippen molar-refractivity contribution >= 4 is 11.6 Å². The first-order valence-corrected chi connectivity index (χ1v) is 6.75. The number of piperidine rings is 1. The van der Waals surface area contributed by atoms with Gasteiger partial charge in [-0.2, -0.15) is 0 Å². The topological polar surface area (TPSA) is 63.5 Å². The minimum absolute atomic E-state index is 0.0820. The lowest BCUT2D eigenvalue weighted by atomic mass is 9.94. The van der Waals surface area contributed by atoms with Crippen molar-refractivity contribution in [3.05, 3.63) is 39.4 Å². The van der Waals surface area contributed by atoms with Crippen LogP contribution >= 0.6 is 0 Å². The Labute approximate surface area is 120 Å². The van der Waals surface area contributed by atoms with Gasteiger partial charge in [0.25, 0.3) is 11.6 Å². The number of carbonyl (C=O) groups excluding carboxylic acids is 1. The molecule has 0 bridgehead atoms. The summed E-state index contributed by atoms with van der Waals surface area (Å²) in [6.45, 7) is 4.28. The maximum Gasteiger partial charge on any atom is 0.285 e. The SMILES string of the molecule is CC1CCC(C)N(C(=O)c2cc(F)c(F)cc2[N+](=O)[O-])C1. The van der Waals surface area contributed by atoms with Crippen molar-refractivity contribution in [3.8, 4) is 0 Å². The van der Waals surface area contributed by atoms with Crippen LogP contribution in [0.2, 0.25) is 0 Å². The molecule has 0 aromatic heterocycles. The molecule has 1 aromatic carbocycles. The Bertz CT molecular complexity index is 592. The number of halogens is 2. The van der Waals surface area contributed by atoms with Crippen molar-refractivity contribution in [2.24, 2.45) is 5.92 Å². The number of carbonyl (C=O) groups is 1. The third kappa shape index (κ3) is 3.01. The van der Waals surface area contributed by atoms with Gasteiger partial charge in [-0.05, 0) is 31.7 Å². The second kappa shape index (κ2) is 5.75. The van der Waals surface area contributed by atoms with E-state index in [9.17, 15) is 23.7 Å². The lowest BCUT2D eigenvalue weighted by Gasteiger charge is -2.36. The van der Waals surface area contributed by atoms with Gasteiger partial charge in [0, 0.05) is 12.6 Å². The predicted molar refractivity (Wildman–Crippen MR) is 71.9 cm³/mol. The van der Waals surface area contributed by atoms with Gasteiger partial charge in [-0.1, -0.05) is 6.92 Å². The summed E-state index contributed by atoms with van der Waals surface area (Å²) in [5.74, 6) is -2.95. The minimum Gasteiger partial charge on any atom is -0.335 e. The molecule has 0 spiro atoms. The highest BCUT2D eigenvalue weighted by atomic mass is 19.2. The molecule has 2 unspecified atom stereocenters. The third-order valence-electron chi connectivity index (χ3n) is 3.84. The molecule has 1 amide bonds. The van der Waals surface area contributed by atoms with E-state index >= 15 is 0 Å². The van der Waals surface area contributed by atoms with E-state index in [1.54, 1.807) is 0 Å². The van der Waals surface area contributed by atoms with Gasteiger partial charge in [0.15, 0.2) is 11.6 Å². The first-order valence-electron chi connectivity index (χ1n) is 6.75. The fourth-order valence-electron chi connectivity index (χ4n) is 2.59. The molecular formula is C14H16F2N2O3. The summed E-state index contributed by atoms with van der Waals surface area (Å²) in [5.41, 5.74) is -1.11. The maximum atomic E-state index is 13.4. The monoisotopic (exact) mass is 298 g/mol. The van der Waals surface area contributed by atoms with E-state index in [0.29, 0.717) is 18.7 Å². The second-order valence-corrected chi connectivity index (χ2v) is 5.53. The van der Waals surface area contributed by atoms with Crippen LogP contribution in [0.15, 0.2) is 12.1 Å². The highest BCUT2D eigenvalue weighted by Crippen LogP contribution is 2.28. The average Bonchev–Trinajstić information content (AvgIpc) is 2.43. The van der Waals surface area contributed by atoms with Gasteiger partial charge in [0.05, 0.1) is 11.0 Å². The molecule has 2 rings (SSSR count). The summed E-state index contributed by atoms with van der Waals surface area (Å²) < 4.78 is 26.5. The van der Waals surface area contributed by atoms with E-state index in [1.807, 2.05) is 13.8 Å². The summed E-state index contributed by atoms with van der Waals surface area (Å²) >= 11 is 0. The number of likely N-dealkylation sites (tertiary alicyclic amines) is 1. The molecule has 0 aliphatic carbocycles. The zero-order chi connectivity index (χ0) is 15.7. The Morgan fingerprint density at radius 1 is 1.29 bits per heavy atom. The lowest BCUT2D eigenvalue weighted by Crippen LogP contribution is -2.45. The highest BCUT2D eigenvalue weighted by Gasteiger charge is 2.32. The molecule has 2 atom stereocenters. The number of nitro groups is 1. The smallest absolute Gasteiger partial charge is 0.285 e. The van der Waals surface area contributed by atoms with Gasteiger partial charge in [-0.15, -0.1) is 0 Å². The first kappa shape index (κ1) is 15.3. The van der Waals surface area contributed by atoms with E-state index < -0.39 is 33.7 Å². The molecule has 7 heteroatoms. The van der Waals surface area contributed by atoms with Crippen LogP contribution in [-0.4, -0.2) is 28.3 Å². The molecule has 1 fully saturated rings. The zero-order valence-electron chi connectivity index (χ0n) is 11.8. The van der Waals surface area contributed by atoms with Gasteiger partial charge in [0.2, 0.25) is 0 Å². The Morgan fingerprint density at radius 2 is 1.90 bits per heavy atom. The highest BCUT2D eigenvalue weighted by molar-refractivity contribution is 5.98. The van der Waals surface area contributed by atoms with Crippen molar-refractivity contribution in [2.45, 2.75) is 32.7 Å². The van der Waals surface area contributed by atoms with Gasteiger partial charge < -0.3 is 4.90 Å². The van der Waals surface area contributed by atoms with Gasteiger partial charge in [0.1, 0.15) is 5.56 Å². The number of rotatable bonds is 2. The molecule has 5 nitrogen and oxygen atoms in total. The van der Waals surface area contributed by atoms with Crippen LogP contribution in [0.3, 0.4) is 0 Å². The number of nitrogens with zero attached hydrogens (tertiary/aromatic N) is 2. The molecule has 114 valence electrons. The largest absolute Gasteiger partial charge is 0.335 e. The van der Waals surface area contributed by atoms with E-state index in [2.05, 4.69) is 0 Å². The second-order valence-electron chi connectivity index (χ2n) is 5.53. The summed E-state index contributed by atoms with van der Waals surface area (Å²) in [5, 5.41) is 11.0. The van der Waals surface area contributed by atoms with Crippen LogP contribution in [0.5, 0.6) is 0 Å². The van der Waals surface area contributed by atoms with Gasteiger partial charge in [-0.3, -0.25) is 14.9 Å². The van der Waals surface area contributed by atoms with E-state index in [-0.39, 0.29) is 12.0 Å². The van der Waals surface area contributed by atoms with Crippen molar-refractivity contribution in [3.63, 3.8) is 0 Å². The molecule has 0 saturated carbocycles. The Balaban J connectivity index is 2.42. The number of nitro benzene ring substituents is 1. The number of hydrogen-bond donors (Lipinski definition) is 0. The summed E-state index contributed by atoms with van der Waals surface area (Å²) in [7, 11) is 0. The van der Waals surface area contributed by atoms with Crippen molar-refractivity contribution in [2.75, 3.05) is 6.54 Å².